The van der Waals surface area contributed by atoms with Crippen LogP contribution in [-0.4, -0.2) is 51.5 Å². The number of carbonyl (C=O) groups excluding carboxylic acids is 3. The summed E-state index contributed by atoms with van der Waals surface area (Å²) in [4.78, 5) is 52.2. The molecule has 1 aliphatic carbocycles. The molecular formula is C55H76N4O6. The zero-order valence-corrected chi connectivity index (χ0v) is 41.2. The van der Waals surface area contributed by atoms with E-state index in [0.717, 1.165) is 81.1 Å². The van der Waals surface area contributed by atoms with Crippen molar-refractivity contribution in [2.24, 2.45) is 35.5 Å². The Hall–Kier alpha value is -5.25. The van der Waals surface area contributed by atoms with Crippen LogP contribution in [-0.2, 0) is 25.5 Å². The maximum atomic E-state index is 14.4. The number of esters is 2. The van der Waals surface area contributed by atoms with Crippen molar-refractivity contribution in [2.75, 3.05) is 13.7 Å². The molecule has 5 N–H and O–H groups in total. The first-order valence-electron chi connectivity index (χ1n) is 24.4. The second kappa shape index (κ2) is 21.4. The van der Waals surface area contributed by atoms with Gasteiger partial charge in [0.25, 0.3) is 0 Å². The molecule has 1 saturated heterocycles. The van der Waals surface area contributed by atoms with Gasteiger partial charge in [-0.15, -0.1) is 0 Å². The molecule has 10 nitrogen and oxygen atoms in total. The van der Waals surface area contributed by atoms with Gasteiger partial charge in [0.1, 0.15) is 18.3 Å². The lowest BCUT2D eigenvalue weighted by atomic mass is 9.85. The van der Waals surface area contributed by atoms with Gasteiger partial charge in [-0.2, -0.15) is 0 Å². The summed E-state index contributed by atoms with van der Waals surface area (Å²) in [6.45, 7) is 25.8. The van der Waals surface area contributed by atoms with Crippen LogP contribution >= 0.6 is 0 Å². The molecule has 6 rings (SSSR count). The first-order valence-corrected chi connectivity index (χ1v) is 24.4. The molecule has 8 bridgehead atoms. The van der Waals surface area contributed by atoms with E-state index in [2.05, 4.69) is 82.2 Å². The predicted octanol–water partition coefficient (Wildman–Crippen LogP) is 11.0. The van der Waals surface area contributed by atoms with Gasteiger partial charge in [0.05, 0.1) is 18.5 Å². The molecule has 3 aliphatic rings. The van der Waals surface area contributed by atoms with E-state index in [0.29, 0.717) is 46.1 Å². The molecule has 0 amide bonds. The number of fused-ring (bicyclic) bond motifs is 7. The van der Waals surface area contributed by atoms with Gasteiger partial charge in [0, 0.05) is 68.4 Å². The fourth-order valence-electron chi connectivity index (χ4n) is 10.5. The van der Waals surface area contributed by atoms with Crippen molar-refractivity contribution in [3.05, 3.63) is 96.5 Å². The quantitative estimate of drug-likeness (QED) is 0.0328. The van der Waals surface area contributed by atoms with Crippen molar-refractivity contribution in [3.63, 3.8) is 0 Å². The molecule has 1 fully saturated rings. The van der Waals surface area contributed by atoms with Gasteiger partial charge in [-0.1, -0.05) is 98.6 Å². The van der Waals surface area contributed by atoms with Crippen molar-refractivity contribution in [3.8, 4) is 0 Å². The van der Waals surface area contributed by atoms with Gasteiger partial charge in [-0.25, -0.2) is 0 Å². The van der Waals surface area contributed by atoms with E-state index in [9.17, 15) is 19.5 Å². The van der Waals surface area contributed by atoms with Crippen LogP contribution in [0.25, 0.3) is 29.6 Å². The fourth-order valence-corrected chi connectivity index (χ4v) is 10.5. The Balaban J connectivity index is 1.23. The molecule has 3 aromatic heterocycles. The Bertz CT molecular complexity index is 2500. The number of hydrogen-bond acceptors (Lipinski definition) is 7. The number of methoxy groups -OCH3 is 1. The van der Waals surface area contributed by atoms with E-state index >= 15 is 0 Å². The largest absolute Gasteiger partial charge is 0.508 e. The Morgan fingerprint density at radius 2 is 1.49 bits per heavy atom. The first kappa shape index (κ1) is 49.2. The predicted molar refractivity (Wildman–Crippen MR) is 263 cm³/mol. The maximum absolute atomic E-state index is 14.4. The molecule has 65 heavy (non-hydrogen) atoms. The molecule has 5 atom stereocenters. The smallest absolute Gasteiger partial charge is 0.321 e. The molecule has 0 unspecified atom stereocenters. The van der Waals surface area contributed by atoms with Crippen LogP contribution in [0.3, 0.4) is 0 Å². The average molecular weight is 889 g/mol. The summed E-state index contributed by atoms with van der Waals surface area (Å²) in [6, 6.07) is 0. The lowest BCUT2D eigenvalue weighted by Crippen LogP contribution is -2.25. The maximum Gasteiger partial charge on any atom is 0.321 e. The Kier molecular flexibility index (Phi) is 16.2. The third kappa shape index (κ3) is 10.9. The Morgan fingerprint density at radius 1 is 0.846 bits per heavy atom. The number of carbonyl (C=O) groups is 3. The summed E-state index contributed by atoms with van der Waals surface area (Å²) in [5.41, 5.74) is 11.0. The molecule has 0 spiro atoms. The van der Waals surface area contributed by atoms with E-state index in [1.54, 1.807) is 0 Å². The number of ether oxygens (including phenoxy) is 2. The number of H-pyrrole nitrogens is 3. The number of hydrogen-bond donors (Lipinski definition) is 5. The number of allylic oxidation sites excluding steroid dienone is 3. The van der Waals surface area contributed by atoms with Gasteiger partial charge >= 0.3 is 11.9 Å². The monoisotopic (exact) mass is 889 g/mol. The summed E-state index contributed by atoms with van der Waals surface area (Å²) < 4.78 is 11.1. The van der Waals surface area contributed by atoms with Crippen molar-refractivity contribution in [2.45, 2.75) is 146 Å². The highest BCUT2D eigenvalue weighted by atomic mass is 16.5. The van der Waals surface area contributed by atoms with Crippen molar-refractivity contribution in [1.82, 2.24) is 20.3 Å². The molecule has 352 valence electrons. The molecular weight excluding hydrogens is 813 g/mol. The van der Waals surface area contributed by atoms with Crippen LogP contribution in [0.1, 0.15) is 180 Å². The third-order valence-corrected chi connectivity index (χ3v) is 14.6. The SMILES string of the molecule is C=C(O)c1c2[nH]c(c1C)/C=C1\N/C(=C3\c4[nH]c(c(C)c4C(=O)[C@@H]3C(=O)OC)/C=c3\[nH]/c(c(C)c3CC)=C\2)[C@@H](CCC(=O)OC/C=C(\C)CCC[C@H](C)CCC[C@H](C)CCCC(C)C)[C@@H]1C. The number of nitrogens with one attached hydrogen (secondary N) is 4. The van der Waals surface area contributed by atoms with Crippen molar-refractivity contribution < 1.29 is 29.0 Å². The molecule has 2 aliphatic heterocycles. The molecule has 0 radical (unpaired) electrons. The topological polar surface area (TPSA) is 149 Å². The Morgan fingerprint density at radius 3 is 2.14 bits per heavy atom. The minimum absolute atomic E-state index is 0.0451. The van der Waals surface area contributed by atoms with Gasteiger partial charge in [0.15, 0.2) is 5.78 Å². The summed E-state index contributed by atoms with van der Waals surface area (Å²) >= 11 is 0. The summed E-state index contributed by atoms with van der Waals surface area (Å²) in [5.74, 6) is -0.579. The third-order valence-electron chi connectivity index (χ3n) is 14.6. The highest BCUT2D eigenvalue weighted by molar-refractivity contribution is 6.24. The summed E-state index contributed by atoms with van der Waals surface area (Å²) in [5, 5.41) is 16.3. The number of aliphatic hydroxyl groups is 1. The van der Waals surface area contributed by atoms with Crippen LogP contribution in [0.5, 0.6) is 0 Å². The van der Waals surface area contributed by atoms with E-state index in [4.69, 9.17) is 9.47 Å². The number of aromatic nitrogens is 3. The highest BCUT2D eigenvalue weighted by Crippen LogP contribution is 2.48. The minimum atomic E-state index is -1.18. The second-order valence-electron chi connectivity index (χ2n) is 19.9. The Labute approximate surface area is 387 Å². The normalized spacial score (nSPS) is 21.8. The zero-order valence-electron chi connectivity index (χ0n) is 41.2. The van der Waals surface area contributed by atoms with Gasteiger partial charge < -0.3 is 34.8 Å². The lowest BCUT2D eigenvalue weighted by molar-refractivity contribution is -0.143. The van der Waals surface area contributed by atoms with Gasteiger partial charge in [0.2, 0.25) is 0 Å². The van der Waals surface area contributed by atoms with Crippen LogP contribution in [0, 0.1) is 56.3 Å². The number of ketones is 1. The van der Waals surface area contributed by atoms with E-state index in [1.165, 1.54) is 57.6 Å². The van der Waals surface area contributed by atoms with Crippen LogP contribution in [0.2, 0.25) is 0 Å². The molecule has 3 aromatic rings. The minimum Gasteiger partial charge on any atom is -0.508 e. The van der Waals surface area contributed by atoms with Gasteiger partial charge in [-0.3, -0.25) is 14.4 Å². The van der Waals surface area contributed by atoms with Crippen LogP contribution in [0.4, 0.5) is 0 Å². The first-order chi connectivity index (χ1) is 30.9. The number of Topliss-reactive ketones (excluding diaryl/α,β-unsaturated/α-hetero) is 1. The molecule has 0 saturated carbocycles. The van der Waals surface area contributed by atoms with Crippen molar-refractivity contribution >= 4 is 47.3 Å². The van der Waals surface area contributed by atoms with E-state index in [-0.39, 0.29) is 42.4 Å². The molecule has 10 heteroatoms. The summed E-state index contributed by atoms with van der Waals surface area (Å²) in [6.07, 6.45) is 20.7. The summed E-state index contributed by atoms with van der Waals surface area (Å²) in [7, 11) is 1.31. The van der Waals surface area contributed by atoms with E-state index < -0.39 is 11.9 Å². The number of aliphatic hydroxyl groups excluding tert-OH is 1. The fraction of sp³-hybridized carbons (Fsp3) is 0.545. The average Bonchev–Trinajstić information content (AvgIpc) is 4.00. The lowest BCUT2D eigenvalue weighted by Gasteiger charge is -2.19. The standard InChI is InChI=1S/C55H76N4O6/c1-13-39-34(7)41-29-46-48(38(11)60)36(9)43(57-46)27-42-35(8)40(52(58-42)50-51(55(63)64-12)54(62)49-37(10)44(59-53(49)50)28-45(39)56-41)23-24-47(61)65-26-25-33(6)22-16-21-32(5)20-15-19-31(4)18-14-17-30(2)3/h25,27-32,35,40,51,56-60H,11,13-24,26H2,1-10,12H3/b33-25+,41-29-,42-27-,45-28-,52-50-/t31-,32-,35+,40+,51-/m1/s1. The van der Waals surface area contributed by atoms with Crippen LogP contribution < -0.4 is 16.0 Å². The second-order valence-corrected chi connectivity index (χ2v) is 19.9. The molecule has 5 heterocycles. The molecule has 0 aromatic carbocycles. The van der Waals surface area contributed by atoms with Gasteiger partial charge in [-0.05, 0) is 118 Å². The number of rotatable bonds is 20. The van der Waals surface area contributed by atoms with Crippen LogP contribution in [0.15, 0.2) is 29.6 Å². The zero-order chi connectivity index (χ0) is 47.3. The van der Waals surface area contributed by atoms with E-state index in [1.807, 2.05) is 38.2 Å². The van der Waals surface area contributed by atoms with Crippen molar-refractivity contribution in [1.29, 1.82) is 0 Å². The highest BCUT2D eigenvalue weighted by Gasteiger charge is 2.48. The number of aromatic amines is 3.